The molecule has 1 rings (SSSR count). The van der Waals surface area contributed by atoms with Gasteiger partial charge in [0, 0.05) is 0 Å². The SMILES string of the molecule is CCOC(=O)c1ccc(Br)c([N+](=O)[O-])c1F. The minimum atomic E-state index is -1.20. The summed E-state index contributed by atoms with van der Waals surface area (Å²) in [5.41, 5.74) is -1.22. The smallest absolute Gasteiger partial charge is 0.341 e. The van der Waals surface area contributed by atoms with Crippen LogP contribution in [0.3, 0.4) is 0 Å². The average Bonchev–Trinajstić information content (AvgIpc) is 2.17. The van der Waals surface area contributed by atoms with Gasteiger partial charge < -0.3 is 4.74 Å². The summed E-state index contributed by atoms with van der Waals surface area (Å²) in [6, 6.07) is 2.36. The van der Waals surface area contributed by atoms with E-state index >= 15 is 0 Å². The molecule has 0 amide bonds. The second kappa shape index (κ2) is 5.02. The Kier molecular flexibility index (Phi) is 3.94. The van der Waals surface area contributed by atoms with Gasteiger partial charge in [-0.3, -0.25) is 10.1 Å². The van der Waals surface area contributed by atoms with Crippen molar-refractivity contribution in [2.75, 3.05) is 6.61 Å². The van der Waals surface area contributed by atoms with Crippen LogP contribution in [0.15, 0.2) is 16.6 Å². The topological polar surface area (TPSA) is 69.4 Å². The van der Waals surface area contributed by atoms with Crippen LogP contribution in [0, 0.1) is 15.9 Å². The normalized spacial score (nSPS) is 9.94. The lowest BCUT2D eigenvalue weighted by Crippen LogP contribution is -2.09. The Labute approximate surface area is 98.5 Å². The molecule has 0 aliphatic heterocycles. The maximum Gasteiger partial charge on any atom is 0.341 e. The van der Waals surface area contributed by atoms with Crippen molar-refractivity contribution in [1.82, 2.24) is 0 Å². The van der Waals surface area contributed by atoms with Crippen molar-refractivity contribution >= 4 is 27.6 Å². The molecule has 0 spiro atoms. The van der Waals surface area contributed by atoms with Crippen molar-refractivity contribution in [3.8, 4) is 0 Å². The molecule has 1 aromatic carbocycles. The van der Waals surface area contributed by atoms with E-state index in [0.29, 0.717) is 0 Å². The Balaban J connectivity index is 3.29. The van der Waals surface area contributed by atoms with Gasteiger partial charge in [0.1, 0.15) is 5.56 Å². The molecule has 7 heteroatoms. The molecule has 0 aliphatic carbocycles. The first kappa shape index (κ1) is 12.6. The van der Waals surface area contributed by atoms with Gasteiger partial charge >= 0.3 is 11.7 Å². The number of ether oxygens (including phenoxy) is 1. The molecule has 0 unspecified atom stereocenters. The number of hydrogen-bond donors (Lipinski definition) is 0. The Bertz CT molecular complexity index is 449. The summed E-state index contributed by atoms with van der Waals surface area (Å²) in [7, 11) is 0. The number of benzene rings is 1. The standard InChI is InChI=1S/C9H7BrFNO4/c1-2-16-9(13)5-3-4-6(10)8(7(5)11)12(14)15/h3-4H,2H2,1H3. The number of nitrogens with zero attached hydrogens (tertiary/aromatic N) is 1. The molecular formula is C9H7BrFNO4. The molecular weight excluding hydrogens is 285 g/mol. The highest BCUT2D eigenvalue weighted by Crippen LogP contribution is 2.30. The Morgan fingerprint density at radius 3 is 2.75 bits per heavy atom. The van der Waals surface area contributed by atoms with Crippen molar-refractivity contribution in [1.29, 1.82) is 0 Å². The second-order valence-corrected chi connectivity index (χ2v) is 3.59. The van der Waals surface area contributed by atoms with Crippen molar-refractivity contribution in [3.05, 3.63) is 38.1 Å². The molecule has 0 radical (unpaired) electrons. The highest BCUT2D eigenvalue weighted by molar-refractivity contribution is 9.10. The summed E-state index contributed by atoms with van der Waals surface area (Å²) in [5.74, 6) is -2.12. The quantitative estimate of drug-likeness (QED) is 0.488. The van der Waals surface area contributed by atoms with Gasteiger partial charge in [0.25, 0.3) is 0 Å². The summed E-state index contributed by atoms with van der Waals surface area (Å²) < 4.78 is 18.1. The maximum absolute atomic E-state index is 13.6. The van der Waals surface area contributed by atoms with Crippen molar-refractivity contribution in [2.45, 2.75) is 6.92 Å². The summed E-state index contributed by atoms with van der Waals surface area (Å²) in [6.45, 7) is 1.63. The van der Waals surface area contributed by atoms with Crippen molar-refractivity contribution in [2.24, 2.45) is 0 Å². The van der Waals surface area contributed by atoms with Crippen molar-refractivity contribution in [3.63, 3.8) is 0 Å². The van der Waals surface area contributed by atoms with Gasteiger partial charge in [-0.1, -0.05) is 0 Å². The van der Waals surface area contributed by atoms with E-state index in [-0.39, 0.29) is 11.1 Å². The molecule has 0 fully saturated rings. The van der Waals surface area contributed by atoms with E-state index in [1.807, 2.05) is 0 Å². The fourth-order valence-electron chi connectivity index (χ4n) is 1.07. The van der Waals surface area contributed by atoms with Crippen LogP contribution in [0.5, 0.6) is 0 Å². The first-order valence-electron chi connectivity index (χ1n) is 4.28. The molecule has 0 N–H and O–H groups in total. The van der Waals surface area contributed by atoms with Crippen molar-refractivity contribution < 1.29 is 18.8 Å². The van der Waals surface area contributed by atoms with E-state index in [2.05, 4.69) is 20.7 Å². The van der Waals surface area contributed by atoms with Crippen LogP contribution in [0.4, 0.5) is 10.1 Å². The van der Waals surface area contributed by atoms with Crippen LogP contribution in [-0.2, 0) is 4.74 Å². The lowest BCUT2D eigenvalue weighted by atomic mass is 10.2. The molecule has 16 heavy (non-hydrogen) atoms. The third-order valence-electron chi connectivity index (χ3n) is 1.74. The van der Waals surface area contributed by atoms with Crippen LogP contribution < -0.4 is 0 Å². The number of nitro groups is 1. The Morgan fingerprint density at radius 1 is 1.62 bits per heavy atom. The van der Waals surface area contributed by atoms with Gasteiger partial charge in [-0.2, -0.15) is 4.39 Å². The molecule has 0 bridgehead atoms. The lowest BCUT2D eigenvalue weighted by molar-refractivity contribution is -0.388. The molecule has 5 nitrogen and oxygen atoms in total. The fraction of sp³-hybridized carbons (Fsp3) is 0.222. The van der Waals surface area contributed by atoms with Gasteiger partial charge in [0.2, 0.25) is 5.82 Å². The van der Waals surface area contributed by atoms with E-state index in [4.69, 9.17) is 0 Å². The molecule has 0 aliphatic rings. The first-order valence-corrected chi connectivity index (χ1v) is 5.07. The molecule has 1 aromatic rings. The zero-order chi connectivity index (χ0) is 12.3. The van der Waals surface area contributed by atoms with E-state index in [1.165, 1.54) is 6.07 Å². The molecule has 0 aromatic heterocycles. The van der Waals surface area contributed by atoms with Crippen LogP contribution in [0.2, 0.25) is 0 Å². The molecule has 0 atom stereocenters. The highest BCUT2D eigenvalue weighted by Gasteiger charge is 2.26. The Morgan fingerprint density at radius 2 is 2.25 bits per heavy atom. The van der Waals surface area contributed by atoms with Gasteiger partial charge in [0.15, 0.2) is 0 Å². The minimum absolute atomic E-state index is 0.0250. The van der Waals surface area contributed by atoms with Crippen LogP contribution in [-0.4, -0.2) is 17.5 Å². The summed E-state index contributed by atoms with van der Waals surface area (Å²) in [6.07, 6.45) is 0. The first-order chi connectivity index (χ1) is 7.49. The number of carbonyl (C=O) groups is 1. The van der Waals surface area contributed by atoms with Gasteiger partial charge in [-0.05, 0) is 35.0 Å². The van der Waals surface area contributed by atoms with Crippen LogP contribution in [0.1, 0.15) is 17.3 Å². The van der Waals surface area contributed by atoms with Gasteiger partial charge in [-0.15, -0.1) is 0 Å². The lowest BCUT2D eigenvalue weighted by Gasteiger charge is -2.04. The second-order valence-electron chi connectivity index (χ2n) is 2.74. The number of nitro benzene ring substituents is 1. The number of halogens is 2. The third-order valence-corrected chi connectivity index (χ3v) is 2.38. The summed E-state index contributed by atoms with van der Waals surface area (Å²) in [4.78, 5) is 20.9. The zero-order valence-corrected chi connectivity index (χ0v) is 9.78. The van der Waals surface area contributed by atoms with E-state index in [1.54, 1.807) is 6.92 Å². The molecule has 0 saturated heterocycles. The van der Waals surface area contributed by atoms with E-state index in [9.17, 15) is 19.3 Å². The maximum atomic E-state index is 13.6. The highest BCUT2D eigenvalue weighted by atomic mass is 79.9. The predicted octanol–water partition coefficient (Wildman–Crippen LogP) is 2.67. The average molecular weight is 292 g/mol. The minimum Gasteiger partial charge on any atom is -0.462 e. The number of hydrogen-bond acceptors (Lipinski definition) is 4. The summed E-state index contributed by atoms with van der Waals surface area (Å²) in [5, 5.41) is 10.6. The van der Waals surface area contributed by atoms with E-state index in [0.717, 1.165) is 6.07 Å². The van der Waals surface area contributed by atoms with Gasteiger partial charge in [-0.25, -0.2) is 4.79 Å². The third kappa shape index (κ3) is 2.35. The monoisotopic (exact) mass is 291 g/mol. The number of carbonyl (C=O) groups excluding carboxylic acids is 1. The van der Waals surface area contributed by atoms with E-state index < -0.39 is 28.0 Å². The molecule has 0 heterocycles. The largest absolute Gasteiger partial charge is 0.462 e. The van der Waals surface area contributed by atoms with Crippen LogP contribution in [0.25, 0.3) is 0 Å². The fourth-order valence-corrected chi connectivity index (χ4v) is 1.53. The number of esters is 1. The Hall–Kier alpha value is -1.50. The zero-order valence-electron chi connectivity index (χ0n) is 8.20. The van der Waals surface area contributed by atoms with Gasteiger partial charge in [0.05, 0.1) is 16.0 Å². The van der Waals surface area contributed by atoms with Crippen LogP contribution >= 0.6 is 15.9 Å². The number of rotatable bonds is 3. The molecule has 0 saturated carbocycles. The summed E-state index contributed by atoms with van der Waals surface area (Å²) >= 11 is 2.84. The predicted molar refractivity (Wildman–Crippen MR) is 56.7 cm³/mol. The molecule has 86 valence electrons.